The Morgan fingerprint density at radius 1 is 1.29 bits per heavy atom. The minimum Gasteiger partial charge on any atom is -0.497 e. The van der Waals surface area contributed by atoms with E-state index in [0.29, 0.717) is 0 Å². The Kier molecular flexibility index (Phi) is 6.14. The van der Waals surface area contributed by atoms with Crippen LogP contribution in [0.1, 0.15) is 30.8 Å². The van der Waals surface area contributed by atoms with Crippen LogP contribution in [0.4, 0.5) is 0 Å². The van der Waals surface area contributed by atoms with E-state index in [-0.39, 0.29) is 6.04 Å². The molecule has 2 aromatic rings. The summed E-state index contributed by atoms with van der Waals surface area (Å²) < 4.78 is 6.38. The van der Waals surface area contributed by atoms with E-state index in [2.05, 4.69) is 38.1 Å². The zero-order valence-corrected chi connectivity index (χ0v) is 13.9. The molecule has 0 spiro atoms. The fraction of sp³-hybridized carbons (Fsp3) is 0.375. The normalized spacial score (nSPS) is 12.1. The van der Waals surface area contributed by atoms with Gasteiger partial charge in [-0.25, -0.2) is 9.97 Å². The van der Waals surface area contributed by atoms with Gasteiger partial charge in [0.15, 0.2) is 0 Å². The lowest BCUT2D eigenvalue weighted by Crippen LogP contribution is -2.26. The van der Waals surface area contributed by atoms with Crippen LogP contribution in [-0.4, -0.2) is 23.6 Å². The highest BCUT2D eigenvalue weighted by molar-refractivity contribution is 9.10. The van der Waals surface area contributed by atoms with Crippen molar-refractivity contribution < 1.29 is 4.74 Å². The fourth-order valence-electron chi connectivity index (χ4n) is 2.12. The van der Waals surface area contributed by atoms with E-state index in [1.807, 2.05) is 24.3 Å². The van der Waals surface area contributed by atoms with E-state index in [1.165, 1.54) is 5.56 Å². The number of benzene rings is 1. The third-order valence-corrected chi connectivity index (χ3v) is 3.99. The highest BCUT2D eigenvalue weighted by Crippen LogP contribution is 2.26. The maximum Gasteiger partial charge on any atom is 0.145 e. The molecule has 0 aliphatic carbocycles. The van der Waals surface area contributed by atoms with Crippen LogP contribution in [0.3, 0.4) is 0 Å². The van der Waals surface area contributed by atoms with Crippen LogP contribution in [-0.2, 0) is 6.42 Å². The van der Waals surface area contributed by atoms with Gasteiger partial charge in [-0.3, -0.25) is 0 Å². The minimum absolute atomic E-state index is 0.0922. The predicted octanol–water partition coefficient (Wildman–Crippen LogP) is 3.53. The molecule has 0 fully saturated rings. The summed E-state index contributed by atoms with van der Waals surface area (Å²) in [5.41, 5.74) is 1.18. The second-order valence-corrected chi connectivity index (χ2v) is 5.63. The van der Waals surface area contributed by atoms with E-state index in [4.69, 9.17) is 4.74 Å². The standard InChI is InChI=1S/C16H20BrN3O/c1-3-7-18-15(16-19-8-4-9-20-16)11-12-10-13(21-2)5-6-14(12)17/h4-6,8-10,15,18H,3,7,11H2,1-2H3. The van der Waals surface area contributed by atoms with Crippen LogP contribution >= 0.6 is 15.9 Å². The molecule has 1 heterocycles. The van der Waals surface area contributed by atoms with Crippen molar-refractivity contribution in [2.75, 3.05) is 13.7 Å². The Hall–Kier alpha value is -1.46. The van der Waals surface area contributed by atoms with Gasteiger partial charge in [0.05, 0.1) is 13.2 Å². The quantitative estimate of drug-likeness (QED) is 0.830. The summed E-state index contributed by atoms with van der Waals surface area (Å²) >= 11 is 3.60. The van der Waals surface area contributed by atoms with E-state index in [0.717, 1.165) is 35.4 Å². The zero-order chi connectivity index (χ0) is 15.1. The second kappa shape index (κ2) is 8.10. The summed E-state index contributed by atoms with van der Waals surface area (Å²) in [5, 5.41) is 3.51. The average Bonchev–Trinajstić information content (AvgIpc) is 2.54. The third-order valence-electron chi connectivity index (χ3n) is 3.22. The number of hydrogen-bond donors (Lipinski definition) is 1. The van der Waals surface area contributed by atoms with Crippen molar-refractivity contribution in [2.45, 2.75) is 25.8 Å². The van der Waals surface area contributed by atoms with Crippen molar-refractivity contribution in [3.63, 3.8) is 0 Å². The topological polar surface area (TPSA) is 47.0 Å². The molecule has 0 radical (unpaired) electrons. The van der Waals surface area contributed by atoms with Crippen molar-refractivity contribution in [2.24, 2.45) is 0 Å². The van der Waals surface area contributed by atoms with Gasteiger partial charge in [-0.05, 0) is 49.2 Å². The molecule has 0 aliphatic heterocycles. The highest BCUT2D eigenvalue weighted by atomic mass is 79.9. The molecule has 21 heavy (non-hydrogen) atoms. The lowest BCUT2D eigenvalue weighted by Gasteiger charge is -2.18. The molecule has 1 unspecified atom stereocenters. The summed E-state index contributed by atoms with van der Waals surface area (Å²) in [7, 11) is 1.68. The molecular formula is C16H20BrN3O. The van der Waals surface area contributed by atoms with Crippen molar-refractivity contribution in [3.8, 4) is 5.75 Å². The summed E-state index contributed by atoms with van der Waals surface area (Å²) in [6.45, 7) is 3.09. The molecule has 1 aromatic carbocycles. The number of ether oxygens (including phenoxy) is 1. The molecular weight excluding hydrogens is 330 g/mol. The highest BCUT2D eigenvalue weighted by Gasteiger charge is 2.16. The van der Waals surface area contributed by atoms with E-state index >= 15 is 0 Å². The molecule has 2 rings (SSSR count). The molecule has 0 saturated carbocycles. The molecule has 1 atom stereocenters. The first-order valence-corrected chi connectivity index (χ1v) is 7.86. The SMILES string of the molecule is CCCNC(Cc1cc(OC)ccc1Br)c1ncccn1. The van der Waals surface area contributed by atoms with Gasteiger partial charge in [-0.2, -0.15) is 0 Å². The first-order valence-electron chi connectivity index (χ1n) is 7.07. The summed E-state index contributed by atoms with van der Waals surface area (Å²) in [5.74, 6) is 1.68. The van der Waals surface area contributed by atoms with Crippen molar-refractivity contribution >= 4 is 15.9 Å². The smallest absolute Gasteiger partial charge is 0.145 e. The van der Waals surface area contributed by atoms with E-state index < -0.39 is 0 Å². The van der Waals surface area contributed by atoms with Crippen LogP contribution in [0.5, 0.6) is 5.75 Å². The van der Waals surface area contributed by atoms with Gasteiger partial charge in [-0.1, -0.05) is 22.9 Å². The predicted molar refractivity (Wildman–Crippen MR) is 87.5 cm³/mol. The first-order chi connectivity index (χ1) is 10.2. The maximum atomic E-state index is 5.31. The maximum absolute atomic E-state index is 5.31. The molecule has 0 aliphatic rings. The summed E-state index contributed by atoms with van der Waals surface area (Å²) in [4.78, 5) is 8.76. The number of aromatic nitrogens is 2. The van der Waals surface area contributed by atoms with Crippen molar-refractivity contribution in [1.29, 1.82) is 0 Å². The Labute approximate surface area is 134 Å². The van der Waals surface area contributed by atoms with Crippen LogP contribution < -0.4 is 10.1 Å². The number of nitrogens with zero attached hydrogens (tertiary/aromatic N) is 2. The van der Waals surface area contributed by atoms with Crippen LogP contribution in [0.15, 0.2) is 41.1 Å². The van der Waals surface area contributed by atoms with Crippen molar-refractivity contribution in [1.82, 2.24) is 15.3 Å². The van der Waals surface area contributed by atoms with Gasteiger partial charge >= 0.3 is 0 Å². The summed E-state index contributed by atoms with van der Waals surface area (Å²) in [6.07, 6.45) is 5.44. The molecule has 0 saturated heterocycles. The Morgan fingerprint density at radius 2 is 2.05 bits per heavy atom. The lowest BCUT2D eigenvalue weighted by atomic mass is 10.0. The molecule has 5 heteroatoms. The molecule has 0 amide bonds. The molecule has 112 valence electrons. The number of halogens is 1. The van der Waals surface area contributed by atoms with Crippen LogP contribution in [0.2, 0.25) is 0 Å². The number of nitrogens with one attached hydrogen (secondary N) is 1. The fourth-order valence-corrected chi connectivity index (χ4v) is 2.53. The zero-order valence-electron chi connectivity index (χ0n) is 12.3. The average molecular weight is 350 g/mol. The number of hydrogen-bond acceptors (Lipinski definition) is 4. The van der Waals surface area contributed by atoms with Crippen molar-refractivity contribution in [3.05, 3.63) is 52.5 Å². The molecule has 0 bridgehead atoms. The van der Waals surface area contributed by atoms with Gasteiger partial charge in [-0.15, -0.1) is 0 Å². The van der Waals surface area contributed by atoms with E-state index in [9.17, 15) is 0 Å². The Balaban J connectivity index is 2.22. The van der Waals surface area contributed by atoms with Gasteiger partial charge in [0.25, 0.3) is 0 Å². The Morgan fingerprint density at radius 3 is 2.71 bits per heavy atom. The Bertz CT molecular complexity index is 563. The van der Waals surface area contributed by atoms with Gasteiger partial charge in [0.1, 0.15) is 11.6 Å². The van der Waals surface area contributed by atoms with Crippen LogP contribution in [0, 0.1) is 0 Å². The van der Waals surface area contributed by atoms with Gasteiger partial charge in [0.2, 0.25) is 0 Å². The third kappa shape index (κ3) is 4.51. The van der Waals surface area contributed by atoms with Crippen LogP contribution in [0.25, 0.3) is 0 Å². The van der Waals surface area contributed by atoms with Gasteiger partial charge in [0, 0.05) is 16.9 Å². The largest absolute Gasteiger partial charge is 0.497 e. The molecule has 4 nitrogen and oxygen atoms in total. The van der Waals surface area contributed by atoms with Gasteiger partial charge < -0.3 is 10.1 Å². The second-order valence-electron chi connectivity index (χ2n) is 4.78. The molecule has 1 N–H and O–H groups in total. The molecule has 1 aromatic heterocycles. The lowest BCUT2D eigenvalue weighted by molar-refractivity contribution is 0.413. The summed E-state index contributed by atoms with van der Waals surface area (Å²) in [6, 6.07) is 7.93. The first kappa shape index (κ1) is 15.9. The monoisotopic (exact) mass is 349 g/mol. The minimum atomic E-state index is 0.0922. The number of rotatable bonds is 7. The number of methoxy groups -OCH3 is 1. The van der Waals surface area contributed by atoms with E-state index in [1.54, 1.807) is 19.5 Å².